The van der Waals surface area contributed by atoms with Gasteiger partial charge in [-0.05, 0) is 31.4 Å². The van der Waals surface area contributed by atoms with Crippen LogP contribution in [0.2, 0.25) is 0 Å². The SMILES string of the molecule is NC(=O)CCCCCCCCCCn1cc(CNc2cccc3c2C(=O)N(C2CCC(=O)NC2=O)C3=O)nn1. The third-order valence-corrected chi connectivity index (χ3v) is 7.07. The number of carbonyl (C=O) groups is 5. The monoisotopic (exact) mass is 537 g/mol. The van der Waals surface area contributed by atoms with Crippen LogP contribution >= 0.6 is 0 Å². The molecule has 4 rings (SSSR count). The Bertz CT molecular complexity index is 1240. The highest BCUT2D eigenvalue weighted by molar-refractivity contribution is 6.25. The minimum Gasteiger partial charge on any atom is -0.379 e. The van der Waals surface area contributed by atoms with Gasteiger partial charge in [0.1, 0.15) is 11.7 Å². The molecule has 3 heterocycles. The van der Waals surface area contributed by atoms with Gasteiger partial charge in [0.05, 0.1) is 23.9 Å². The van der Waals surface area contributed by atoms with E-state index in [1.54, 1.807) is 22.9 Å². The number of fused-ring (bicyclic) bond motifs is 1. The van der Waals surface area contributed by atoms with E-state index in [4.69, 9.17) is 5.73 Å². The minimum absolute atomic E-state index is 0.0737. The van der Waals surface area contributed by atoms with Gasteiger partial charge in [-0.3, -0.25) is 38.9 Å². The highest BCUT2D eigenvalue weighted by Crippen LogP contribution is 2.32. The number of carbonyl (C=O) groups excluding carboxylic acids is 5. The van der Waals surface area contributed by atoms with Crippen LogP contribution in [0.25, 0.3) is 0 Å². The molecular formula is C27H35N7O5. The van der Waals surface area contributed by atoms with Gasteiger partial charge in [0.25, 0.3) is 11.8 Å². The summed E-state index contributed by atoms with van der Waals surface area (Å²) < 4.78 is 1.80. The smallest absolute Gasteiger partial charge is 0.264 e. The van der Waals surface area contributed by atoms with E-state index in [9.17, 15) is 24.0 Å². The number of hydrogen-bond acceptors (Lipinski definition) is 8. The van der Waals surface area contributed by atoms with Gasteiger partial charge in [-0.15, -0.1) is 5.10 Å². The van der Waals surface area contributed by atoms with Gasteiger partial charge in [0.2, 0.25) is 17.7 Å². The molecule has 12 heteroatoms. The number of anilines is 1. The van der Waals surface area contributed by atoms with Crippen LogP contribution in [-0.4, -0.2) is 55.5 Å². The molecule has 1 aromatic heterocycles. The van der Waals surface area contributed by atoms with E-state index in [1.165, 1.54) is 12.8 Å². The predicted octanol–water partition coefficient (Wildman–Crippen LogP) is 2.29. The van der Waals surface area contributed by atoms with Crippen molar-refractivity contribution in [2.24, 2.45) is 5.73 Å². The van der Waals surface area contributed by atoms with Crippen molar-refractivity contribution < 1.29 is 24.0 Å². The van der Waals surface area contributed by atoms with E-state index in [1.807, 2.05) is 6.20 Å². The fraction of sp³-hybridized carbons (Fsp3) is 0.519. The standard InChI is InChI=1S/C27H35N7O5/c28-22(35)12-7-5-3-1-2-4-6-8-15-33-17-18(31-32-33)16-29-20-11-9-10-19-24(20)27(39)34(26(19)38)21-13-14-23(36)30-25(21)37/h9-11,17,21,29H,1-8,12-16H2,(H2,28,35)(H,30,36,37). The van der Waals surface area contributed by atoms with E-state index in [0.29, 0.717) is 24.3 Å². The molecule has 0 bridgehead atoms. The molecule has 0 radical (unpaired) electrons. The van der Waals surface area contributed by atoms with E-state index in [-0.39, 0.29) is 29.9 Å². The first-order valence-electron chi connectivity index (χ1n) is 13.6. The lowest BCUT2D eigenvalue weighted by molar-refractivity contribution is -0.136. The van der Waals surface area contributed by atoms with Crippen LogP contribution in [0, 0.1) is 0 Å². The number of nitrogens with zero attached hydrogens (tertiary/aromatic N) is 4. The van der Waals surface area contributed by atoms with Crippen LogP contribution in [0.4, 0.5) is 5.69 Å². The second-order valence-electron chi connectivity index (χ2n) is 10.0. The second-order valence-corrected chi connectivity index (χ2v) is 10.0. The molecule has 12 nitrogen and oxygen atoms in total. The van der Waals surface area contributed by atoms with Crippen molar-refractivity contribution in [3.63, 3.8) is 0 Å². The number of imide groups is 2. The molecule has 2 aliphatic rings. The zero-order valence-electron chi connectivity index (χ0n) is 22.0. The van der Waals surface area contributed by atoms with Crippen LogP contribution in [0.1, 0.15) is 97.0 Å². The molecule has 0 aliphatic carbocycles. The van der Waals surface area contributed by atoms with Gasteiger partial charge in [0.15, 0.2) is 0 Å². The average molecular weight is 538 g/mol. The van der Waals surface area contributed by atoms with E-state index in [0.717, 1.165) is 50.0 Å². The van der Waals surface area contributed by atoms with Crippen molar-refractivity contribution in [3.05, 3.63) is 41.2 Å². The first-order valence-corrected chi connectivity index (χ1v) is 13.6. The molecule has 2 aliphatic heterocycles. The van der Waals surface area contributed by atoms with Gasteiger partial charge >= 0.3 is 0 Å². The largest absolute Gasteiger partial charge is 0.379 e. The molecule has 0 spiro atoms. The summed E-state index contributed by atoms with van der Waals surface area (Å²) in [5, 5.41) is 13.8. The summed E-state index contributed by atoms with van der Waals surface area (Å²) in [5.74, 6) is -2.36. The van der Waals surface area contributed by atoms with Crippen molar-refractivity contribution in [2.75, 3.05) is 5.32 Å². The summed E-state index contributed by atoms with van der Waals surface area (Å²) in [6.07, 6.45) is 11.2. The summed E-state index contributed by atoms with van der Waals surface area (Å²) in [5.41, 5.74) is 6.76. The van der Waals surface area contributed by atoms with Crippen molar-refractivity contribution in [3.8, 4) is 0 Å². The number of rotatable bonds is 15. The van der Waals surface area contributed by atoms with E-state index in [2.05, 4.69) is 20.9 Å². The van der Waals surface area contributed by atoms with E-state index < -0.39 is 29.7 Å². The number of nitrogens with one attached hydrogen (secondary N) is 2. The van der Waals surface area contributed by atoms with E-state index >= 15 is 0 Å². The van der Waals surface area contributed by atoms with Gasteiger partial charge < -0.3 is 11.1 Å². The zero-order valence-corrected chi connectivity index (χ0v) is 22.0. The molecule has 2 aromatic rings. The number of aromatic nitrogens is 3. The number of primary amides is 1. The molecule has 208 valence electrons. The summed E-state index contributed by atoms with van der Waals surface area (Å²) in [4.78, 5) is 61.7. The Morgan fingerprint density at radius 1 is 1.00 bits per heavy atom. The quantitative estimate of drug-likeness (QED) is 0.229. The Kier molecular flexibility index (Phi) is 9.40. The van der Waals surface area contributed by atoms with Gasteiger partial charge in [-0.1, -0.05) is 49.8 Å². The Balaban J connectivity index is 1.22. The van der Waals surface area contributed by atoms with Crippen LogP contribution in [0.3, 0.4) is 0 Å². The number of nitrogens with two attached hydrogens (primary N) is 1. The lowest BCUT2D eigenvalue weighted by Crippen LogP contribution is -2.54. The number of aryl methyl sites for hydroxylation is 1. The second kappa shape index (κ2) is 13.1. The highest BCUT2D eigenvalue weighted by Gasteiger charge is 2.45. The van der Waals surface area contributed by atoms with Gasteiger partial charge in [0, 0.05) is 25.1 Å². The van der Waals surface area contributed by atoms with Crippen molar-refractivity contribution in [1.82, 2.24) is 25.2 Å². The lowest BCUT2D eigenvalue weighted by Gasteiger charge is -2.27. The van der Waals surface area contributed by atoms with Crippen molar-refractivity contribution in [2.45, 2.75) is 89.8 Å². The summed E-state index contributed by atoms with van der Waals surface area (Å²) in [7, 11) is 0. The highest BCUT2D eigenvalue weighted by atomic mass is 16.2. The normalized spacial score (nSPS) is 16.9. The Hall–Kier alpha value is -4.09. The summed E-state index contributed by atoms with van der Waals surface area (Å²) in [6, 6.07) is 3.95. The van der Waals surface area contributed by atoms with Crippen molar-refractivity contribution >= 4 is 35.2 Å². The maximum Gasteiger partial charge on any atom is 0.264 e. The maximum atomic E-state index is 13.2. The zero-order chi connectivity index (χ0) is 27.8. The number of amides is 5. The van der Waals surface area contributed by atoms with Crippen LogP contribution < -0.4 is 16.4 Å². The van der Waals surface area contributed by atoms with Crippen LogP contribution in [0.15, 0.2) is 24.4 Å². The molecular weight excluding hydrogens is 502 g/mol. The number of benzene rings is 1. The number of unbranched alkanes of at least 4 members (excludes halogenated alkanes) is 7. The Labute approximate surface area is 226 Å². The van der Waals surface area contributed by atoms with Gasteiger partial charge in [-0.2, -0.15) is 0 Å². The molecule has 0 saturated carbocycles. The molecule has 5 amide bonds. The predicted molar refractivity (Wildman–Crippen MR) is 141 cm³/mol. The van der Waals surface area contributed by atoms with Crippen molar-refractivity contribution in [1.29, 1.82) is 0 Å². The first-order chi connectivity index (χ1) is 18.8. The summed E-state index contributed by atoms with van der Waals surface area (Å²) >= 11 is 0. The maximum absolute atomic E-state index is 13.2. The molecule has 1 atom stereocenters. The molecule has 1 aromatic carbocycles. The fourth-order valence-electron chi connectivity index (χ4n) is 5.01. The Morgan fingerprint density at radius 3 is 2.44 bits per heavy atom. The molecule has 39 heavy (non-hydrogen) atoms. The molecule has 1 saturated heterocycles. The number of piperidine rings is 1. The fourth-order valence-corrected chi connectivity index (χ4v) is 5.01. The number of hydrogen-bond donors (Lipinski definition) is 3. The Morgan fingerprint density at radius 2 is 1.72 bits per heavy atom. The average Bonchev–Trinajstić information content (AvgIpc) is 3.46. The van der Waals surface area contributed by atoms with Crippen LogP contribution in [-0.2, 0) is 27.5 Å². The lowest BCUT2D eigenvalue weighted by atomic mass is 10.0. The third-order valence-electron chi connectivity index (χ3n) is 7.07. The summed E-state index contributed by atoms with van der Waals surface area (Å²) in [6.45, 7) is 1.08. The topological polar surface area (TPSA) is 169 Å². The molecule has 1 unspecified atom stereocenters. The van der Waals surface area contributed by atoms with Crippen LogP contribution in [0.5, 0.6) is 0 Å². The molecule has 1 fully saturated rings. The first kappa shape index (κ1) is 27.9. The molecule has 4 N–H and O–H groups in total. The third kappa shape index (κ3) is 7.06. The van der Waals surface area contributed by atoms with Gasteiger partial charge in [-0.25, -0.2) is 0 Å². The minimum atomic E-state index is -1.00.